The van der Waals surface area contributed by atoms with Gasteiger partial charge in [-0.2, -0.15) is 5.10 Å². The van der Waals surface area contributed by atoms with Crippen molar-refractivity contribution >= 4 is 11.6 Å². The fourth-order valence-electron chi connectivity index (χ4n) is 3.50. The van der Waals surface area contributed by atoms with Gasteiger partial charge in [-0.15, -0.1) is 0 Å². The van der Waals surface area contributed by atoms with E-state index in [9.17, 15) is 0 Å². The second-order valence-electron chi connectivity index (χ2n) is 7.07. The van der Waals surface area contributed by atoms with E-state index in [1.807, 2.05) is 18.7 Å². The molecule has 5 heteroatoms. The molecule has 21 heavy (non-hydrogen) atoms. The van der Waals surface area contributed by atoms with Gasteiger partial charge >= 0.3 is 0 Å². The van der Waals surface area contributed by atoms with Crippen molar-refractivity contribution in [1.29, 1.82) is 0 Å². The number of rotatable bonds is 4. The van der Waals surface area contributed by atoms with Gasteiger partial charge < -0.3 is 5.32 Å². The first-order valence-corrected chi connectivity index (χ1v) is 8.48. The van der Waals surface area contributed by atoms with Gasteiger partial charge in [0.2, 0.25) is 0 Å². The van der Waals surface area contributed by atoms with Crippen molar-refractivity contribution in [2.24, 2.45) is 13.0 Å². The number of halogens is 1. The number of nitrogens with zero attached hydrogens (tertiary/aromatic N) is 3. The molecule has 0 spiro atoms. The van der Waals surface area contributed by atoms with Crippen molar-refractivity contribution in [1.82, 2.24) is 20.0 Å². The van der Waals surface area contributed by atoms with E-state index in [-0.39, 0.29) is 5.54 Å². The van der Waals surface area contributed by atoms with Gasteiger partial charge in [0, 0.05) is 38.3 Å². The van der Waals surface area contributed by atoms with Crippen LogP contribution in [0.1, 0.15) is 44.5 Å². The van der Waals surface area contributed by atoms with Crippen LogP contribution in [0.15, 0.2) is 0 Å². The van der Waals surface area contributed by atoms with E-state index in [2.05, 4.69) is 29.2 Å². The van der Waals surface area contributed by atoms with Crippen molar-refractivity contribution in [3.05, 3.63) is 16.4 Å². The molecule has 1 saturated carbocycles. The molecule has 1 saturated heterocycles. The summed E-state index contributed by atoms with van der Waals surface area (Å²) in [5.41, 5.74) is 2.30. The Hall–Kier alpha value is -0.580. The highest BCUT2D eigenvalue weighted by atomic mass is 35.5. The molecule has 1 N–H and O–H groups in total. The molecule has 2 fully saturated rings. The number of hydrogen-bond acceptors (Lipinski definition) is 3. The maximum absolute atomic E-state index is 6.46. The number of aryl methyl sites for hydroxylation is 2. The van der Waals surface area contributed by atoms with Crippen LogP contribution in [-0.4, -0.2) is 39.4 Å². The third-order valence-electron chi connectivity index (χ3n) is 5.32. The molecule has 1 aromatic heterocycles. The first-order valence-electron chi connectivity index (χ1n) is 8.10. The third kappa shape index (κ3) is 2.99. The monoisotopic (exact) mass is 310 g/mol. The van der Waals surface area contributed by atoms with Gasteiger partial charge in [-0.05, 0) is 39.0 Å². The van der Waals surface area contributed by atoms with Crippen LogP contribution in [-0.2, 0) is 13.6 Å². The van der Waals surface area contributed by atoms with E-state index in [1.165, 1.54) is 12.8 Å². The predicted molar refractivity (Wildman–Crippen MR) is 86.6 cm³/mol. The van der Waals surface area contributed by atoms with Crippen LogP contribution in [0.4, 0.5) is 0 Å². The average Bonchev–Trinajstić information content (AvgIpc) is 3.25. The minimum atomic E-state index is 0.214. The highest BCUT2D eigenvalue weighted by molar-refractivity contribution is 6.31. The van der Waals surface area contributed by atoms with E-state index in [0.717, 1.165) is 48.4 Å². The molecule has 0 bridgehead atoms. The normalized spacial score (nSPS) is 30.8. The molecule has 2 aliphatic rings. The second-order valence-corrected chi connectivity index (χ2v) is 7.45. The molecule has 2 heterocycles. The van der Waals surface area contributed by atoms with Crippen LogP contribution in [0.3, 0.4) is 0 Å². The predicted octanol–water partition coefficient (Wildman–Crippen LogP) is 2.73. The molecule has 3 rings (SSSR count). The fourth-order valence-corrected chi connectivity index (χ4v) is 3.72. The average molecular weight is 311 g/mol. The summed E-state index contributed by atoms with van der Waals surface area (Å²) in [7, 11) is 2.00. The second kappa shape index (κ2) is 5.56. The molecule has 4 nitrogen and oxygen atoms in total. The Bertz CT molecular complexity index is 523. The zero-order valence-corrected chi connectivity index (χ0v) is 14.4. The standard InChI is InChI=1S/C16H27ClN4/c1-5-16(3)10-21(13(8-18-16)12-6-7-12)9-14-15(17)11(2)19-20(14)4/h12-13,18H,5-10H2,1-4H3. The number of hydrogen-bond donors (Lipinski definition) is 1. The van der Waals surface area contributed by atoms with Crippen LogP contribution >= 0.6 is 11.6 Å². The molecular weight excluding hydrogens is 284 g/mol. The van der Waals surface area contributed by atoms with E-state index in [1.54, 1.807) is 0 Å². The molecule has 1 aliphatic heterocycles. The Balaban J connectivity index is 1.82. The topological polar surface area (TPSA) is 33.1 Å². The Kier molecular flexibility index (Phi) is 4.06. The van der Waals surface area contributed by atoms with Crippen LogP contribution in [0.2, 0.25) is 5.02 Å². The smallest absolute Gasteiger partial charge is 0.0860 e. The Morgan fingerprint density at radius 3 is 2.67 bits per heavy atom. The summed E-state index contributed by atoms with van der Waals surface area (Å²) in [5, 5.41) is 9.07. The molecule has 0 aromatic carbocycles. The Morgan fingerprint density at radius 2 is 2.14 bits per heavy atom. The number of aromatic nitrogens is 2. The highest BCUT2D eigenvalue weighted by Crippen LogP contribution is 2.38. The summed E-state index contributed by atoms with van der Waals surface area (Å²) in [4.78, 5) is 2.64. The first kappa shape index (κ1) is 15.3. The molecular formula is C16H27ClN4. The molecule has 1 aromatic rings. The number of piperazine rings is 1. The first-order chi connectivity index (χ1) is 9.93. The van der Waals surface area contributed by atoms with Gasteiger partial charge in [0.1, 0.15) is 0 Å². The Labute approximate surface area is 132 Å². The zero-order chi connectivity index (χ0) is 15.2. The van der Waals surface area contributed by atoms with Crippen LogP contribution in [0, 0.1) is 12.8 Å². The lowest BCUT2D eigenvalue weighted by Gasteiger charge is -2.46. The van der Waals surface area contributed by atoms with Gasteiger partial charge in [-0.25, -0.2) is 0 Å². The summed E-state index contributed by atoms with van der Waals surface area (Å²) in [6, 6.07) is 0.649. The van der Waals surface area contributed by atoms with Crippen LogP contribution in [0.5, 0.6) is 0 Å². The summed E-state index contributed by atoms with van der Waals surface area (Å²) < 4.78 is 1.95. The lowest BCUT2D eigenvalue weighted by molar-refractivity contribution is 0.0642. The summed E-state index contributed by atoms with van der Waals surface area (Å²) in [6.07, 6.45) is 3.91. The molecule has 2 atom stereocenters. The van der Waals surface area contributed by atoms with E-state index < -0.39 is 0 Å². The van der Waals surface area contributed by atoms with E-state index in [0.29, 0.717) is 6.04 Å². The fraction of sp³-hybridized carbons (Fsp3) is 0.812. The van der Waals surface area contributed by atoms with Gasteiger partial charge in [0.05, 0.1) is 16.4 Å². The highest BCUT2D eigenvalue weighted by Gasteiger charge is 2.42. The van der Waals surface area contributed by atoms with Crippen molar-refractivity contribution in [2.45, 2.75) is 58.2 Å². The summed E-state index contributed by atoms with van der Waals surface area (Å²) in [6.45, 7) is 9.68. The lowest BCUT2D eigenvalue weighted by Crippen LogP contribution is -2.63. The minimum Gasteiger partial charge on any atom is -0.309 e. The van der Waals surface area contributed by atoms with Crippen molar-refractivity contribution in [3.63, 3.8) is 0 Å². The molecule has 118 valence electrons. The molecule has 0 amide bonds. The van der Waals surface area contributed by atoms with Crippen LogP contribution < -0.4 is 5.32 Å². The quantitative estimate of drug-likeness (QED) is 0.928. The van der Waals surface area contributed by atoms with Crippen LogP contribution in [0.25, 0.3) is 0 Å². The largest absolute Gasteiger partial charge is 0.309 e. The summed E-state index contributed by atoms with van der Waals surface area (Å²) in [5.74, 6) is 0.868. The van der Waals surface area contributed by atoms with Gasteiger partial charge in [0.15, 0.2) is 0 Å². The lowest BCUT2D eigenvalue weighted by atomic mass is 9.92. The molecule has 2 unspecified atom stereocenters. The van der Waals surface area contributed by atoms with Gasteiger partial charge in [-0.1, -0.05) is 18.5 Å². The van der Waals surface area contributed by atoms with Crippen molar-refractivity contribution < 1.29 is 0 Å². The van der Waals surface area contributed by atoms with Gasteiger partial charge in [-0.3, -0.25) is 9.58 Å². The SMILES string of the molecule is CCC1(C)CN(Cc2c(Cl)c(C)nn2C)C(C2CC2)CN1. The molecule has 1 aliphatic carbocycles. The van der Waals surface area contributed by atoms with E-state index >= 15 is 0 Å². The summed E-state index contributed by atoms with van der Waals surface area (Å²) >= 11 is 6.46. The minimum absolute atomic E-state index is 0.214. The van der Waals surface area contributed by atoms with E-state index in [4.69, 9.17) is 11.6 Å². The number of nitrogens with one attached hydrogen (secondary N) is 1. The molecule has 0 radical (unpaired) electrons. The van der Waals surface area contributed by atoms with Gasteiger partial charge in [0.25, 0.3) is 0 Å². The maximum Gasteiger partial charge on any atom is 0.0860 e. The third-order valence-corrected chi connectivity index (χ3v) is 5.81. The van der Waals surface area contributed by atoms with Crippen molar-refractivity contribution in [2.75, 3.05) is 13.1 Å². The Morgan fingerprint density at radius 1 is 1.43 bits per heavy atom. The van der Waals surface area contributed by atoms with Crippen molar-refractivity contribution in [3.8, 4) is 0 Å². The maximum atomic E-state index is 6.46. The zero-order valence-electron chi connectivity index (χ0n) is 13.6.